The maximum Gasteiger partial charge on any atom is 0.255 e. The summed E-state index contributed by atoms with van der Waals surface area (Å²) in [6.07, 6.45) is 3.07. The van der Waals surface area contributed by atoms with Crippen LogP contribution in [0.15, 0.2) is 36.8 Å². The van der Waals surface area contributed by atoms with Gasteiger partial charge in [-0.2, -0.15) is 4.98 Å². The molecule has 1 amide bonds. The van der Waals surface area contributed by atoms with Gasteiger partial charge in [-0.25, -0.2) is 9.67 Å². The minimum absolute atomic E-state index is 0.274. The van der Waals surface area contributed by atoms with Gasteiger partial charge in [-0.05, 0) is 28.6 Å². The molecule has 2 heterocycles. The zero-order valence-electron chi connectivity index (χ0n) is 15.0. The van der Waals surface area contributed by atoms with Gasteiger partial charge in [-0.1, -0.05) is 6.07 Å². The van der Waals surface area contributed by atoms with Crippen molar-refractivity contribution >= 4 is 23.4 Å². The number of aromatic nitrogens is 6. The summed E-state index contributed by atoms with van der Waals surface area (Å²) in [5, 5.41) is 13.9. The first-order valence-electron chi connectivity index (χ1n) is 7.82. The van der Waals surface area contributed by atoms with E-state index in [9.17, 15) is 4.79 Å². The zero-order valence-corrected chi connectivity index (χ0v) is 15.0. The molecule has 0 unspecified atom stereocenters. The highest BCUT2D eigenvalue weighted by atomic mass is 16.1. The van der Waals surface area contributed by atoms with Gasteiger partial charge >= 0.3 is 0 Å². The SMILES string of the molecule is CN(C)c1ncc(NC(=O)c2cccc(-n3cnnn3)c2)c(N(C)C)n1. The minimum atomic E-state index is -0.274. The van der Waals surface area contributed by atoms with Crippen molar-refractivity contribution in [3.05, 3.63) is 42.4 Å². The van der Waals surface area contributed by atoms with Crippen LogP contribution in [-0.2, 0) is 0 Å². The van der Waals surface area contributed by atoms with Crippen LogP contribution >= 0.6 is 0 Å². The van der Waals surface area contributed by atoms with Crippen LogP contribution in [0.1, 0.15) is 10.4 Å². The Morgan fingerprint density at radius 2 is 1.96 bits per heavy atom. The van der Waals surface area contributed by atoms with E-state index >= 15 is 0 Å². The summed E-state index contributed by atoms with van der Waals surface area (Å²) in [6.45, 7) is 0. The molecular formula is C16H19N9O. The topological polar surface area (TPSA) is 105 Å². The number of hydrogen-bond acceptors (Lipinski definition) is 8. The summed E-state index contributed by atoms with van der Waals surface area (Å²) in [7, 11) is 7.43. The van der Waals surface area contributed by atoms with Crippen molar-refractivity contribution in [1.29, 1.82) is 0 Å². The number of rotatable bonds is 5. The molecule has 0 aliphatic heterocycles. The Morgan fingerprint density at radius 3 is 2.62 bits per heavy atom. The van der Waals surface area contributed by atoms with E-state index in [0.29, 0.717) is 28.7 Å². The average Bonchev–Trinajstić information content (AvgIpc) is 3.16. The van der Waals surface area contributed by atoms with Crippen molar-refractivity contribution in [3.63, 3.8) is 0 Å². The maximum absolute atomic E-state index is 12.7. The largest absolute Gasteiger partial charge is 0.361 e. The van der Waals surface area contributed by atoms with Crippen LogP contribution in [0.25, 0.3) is 5.69 Å². The van der Waals surface area contributed by atoms with Gasteiger partial charge in [-0.3, -0.25) is 4.79 Å². The van der Waals surface area contributed by atoms with Crippen LogP contribution in [0.3, 0.4) is 0 Å². The lowest BCUT2D eigenvalue weighted by Crippen LogP contribution is -2.21. The Hall–Kier alpha value is -3.56. The molecule has 2 aromatic heterocycles. The molecule has 10 nitrogen and oxygen atoms in total. The monoisotopic (exact) mass is 353 g/mol. The number of amides is 1. The summed E-state index contributed by atoms with van der Waals surface area (Å²) >= 11 is 0. The van der Waals surface area contributed by atoms with Crippen molar-refractivity contribution in [1.82, 2.24) is 30.2 Å². The summed E-state index contributed by atoms with van der Waals surface area (Å²) in [5.74, 6) is 0.908. The third-order valence-electron chi connectivity index (χ3n) is 3.55. The van der Waals surface area contributed by atoms with Gasteiger partial charge in [0, 0.05) is 33.8 Å². The highest BCUT2D eigenvalue weighted by molar-refractivity contribution is 6.05. The van der Waals surface area contributed by atoms with Gasteiger partial charge in [-0.15, -0.1) is 5.10 Å². The second-order valence-corrected chi connectivity index (χ2v) is 5.95. The maximum atomic E-state index is 12.7. The molecule has 0 fully saturated rings. The number of nitrogens with one attached hydrogen (secondary N) is 1. The van der Waals surface area contributed by atoms with E-state index in [0.717, 1.165) is 0 Å². The number of hydrogen-bond donors (Lipinski definition) is 1. The Bertz CT molecular complexity index is 906. The molecule has 3 aromatic rings. The lowest BCUT2D eigenvalue weighted by molar-refractivity contribution is 0.102. The number of nitrogens with zero attached hydrogens (tertiary/aromatic N) is 8. The fourth-order valence-electron chi connectivity index (χ4n) is 2.27. The highest BCUT2D eigenvalue weighted by Gasteiger charge is 2.15. The van der Waals surface area contributed by atoms with E-state index < -0.39 is 0 Å². The summed E-state index contributed by atoms with van der Waals surface area (Å²) in [5.41, 5.74) is 1.69. The molecule has 0 atom stereocenters. The van der Waals surface area contributed by atoms with Gasteiger partial charge in [0.25, 0.3) is 5.91 Å². The van der Waals surface area contributed by atoms with Gasteiger partial charge < -0.3 is 15.1 Å². The molecule has 1 aromatic carbocycles. The minimum Gasteiger partial charge on any atom is -0.361 e. The third kappa shape index (κ3) is 3.58. The number of anilines is 3. The van der Waals surface area contributed by atoms with Gasteiger partial charge in [0.15, 0.2) is 5.82 Å². The van der Waals surface area contributed by atoms with Crippen LogP contribution in [-0.4, -0.2) is 64.3 Å². The molecule has 134 valence electrons. The second-order valence-electron chi connectivity index (χ2n) is 5.95. The molecule has 0 spiro atoms. The Labute approximate surface area is 150 Å². The molecule has 3 rings (SSSR count). The first-order valence-corrected chi connectivity index (χ1v) is 7.82. The van der Waals surface area contributed by atoms with Crippen LogP contribution in [0.2, 0.25) is 0 Å². The molecule has 0 aliphatic rings. The van der Waals surface area contributed by atoms with Gasteiger partial charge in [0.2, 0.25) is 5.95 Å². The standard InChI is InChI=1S/C16H19N9O/c1-23(2)14-13(9-17-16(20-14)24(3)4)19-15(26)11-6-5-7-12(8-11)25-10-18-21-22-25/h5-10H,1-4H3,(H,19,26). The van der Waals surface area contributed by atoms with Crippen molar-refractivity contribution in [2.24, 2.45) is 0 Å². The number of tetrazole rings is 1. The van der Waals surface area contributed by atoms with Gasteiger partial charge in [0.1, 0.15) is 12.0 Å². The number of benzene rings is 1. The molecule has 0 saturated heterocycles. The Morgan fingerprint density at radius 1 is 1.15 bits per heavy atom. The lowest BCUT2D eigenvalue weighted by Gasteiger charge is -2.19. The van der Waals surface area contributed by atoms with Crippen molar-refractivity contribution in [2.75, 3.05) is 43.3 Å². The Kier molecular flexibility index (Phi) is 4.74. The zero-order chi connectivity index (χ0) is 18.7. The van der Waals surface area contributed by atoms with E-state index in [-0.39, 0.29) is 5.91 Å². The molecule has 10 heteroatoms. The molecule has 0 bridgehead atoms. The number of carbonyl (C=O) groups is 1. The number of carbonyl (C=O) groups excluding carboxylic acids is 1. The molecule has 26 heavy (non-hydrogen) atoms. The highest BCUT2D eigenvalue weighted by Crippen LogP contribution is 2.23. The van der Waals surface area contributed by atoms with Crippen LogP contribution in [0, 0.1) is 0 Å². The first kappa shape index (κ1) is 17.3. The van der Waals surface area contributed by atoms with E-state index in [1.165, 1.54) is 11.0 Å². The predicted octanol–water partition coefficient (Wildman–Crippen LogP) is 0.837. The van der Waals surface area contributed by atoms with Crippen LogP contribution < -0.4 is 15.1 Å². The van der Waals surface area contributed by atoms with E-state index in [2.05, 4.69) is 30.8 Å². The van der Waals surface area contributed by atoms with Crippen molar-refractivity contribution in [3.8, 4) is 5.69 Å². The second kappa shape index (κ2) is 7.13. The fraction of sp³-hybridized carbons (Fsp3) is 0.250. The Balaban J connectivity index is 1.87. The van der Waals surface area contributed by atoms with E-state index in [4.69, 9.17) is 0 Å². The molecule has 0 saturated carbocycles. The first-order chi connectivity index (χ1) is 12.5. The normalized spacial score (nSPS) is 10.5. The smallest absolute Gasteiger partial charge is 0.255 e. The van der Waals surface area contributed by atoms with Crippen LogP contribution in [0.5, 0.6) is 0 Å². The predicted molar refractivity (Wildman–Crippen MR) is 97.8 cm³/mol. The van der Waals surface area contributed by atoms with Crippen molar-refractivity contribution in [2.45, 2.75) is 0 Å². The molecule has 0 radical (unpaired) electrons. The third-order valence-corrected chi connectivity index (χ3v) is 3.55. The lowest BCUT2D eigenvalue weighted by atomic mass is 10.2. The van der Waals surface area contributed by atoms with E-state index in [1.807, 2.05) is 39.2 Å². The summed E-state index contributed by atoms with van der Waals surface area (Å²) < 4.78 is 1.48. The average molecular weight is 353 g/mol. The van der Waals surface area contributed by atoms with Crippen LogP contribution in [0.4, 0.5) is 17.5 Å². The summed E-state index contributed by atoms with van der Waals surface area (Å²) in [6, 6.07) is 7.00. The quantitative estimate of drug-likeness (QED) is 0.719. The molecule has 1 N–H and O–H groups in total. The van der Waals surface area contributed by atoms with E-state index in [1.54, 1.807) is 29.3 Å². The molecular weight excluding hydrogens is 334 g/mol. The van der Waals surface area contributed by atoms with Crippen molar-refractivity contribution < 1.29 is 4.79 Å². The fourth-order valence-corrected chi connectivity index (χ4v) is 2.27. The summed E-state index contributed by atoms with van der Waals surface area (Å²) in [4.78, 5) is 25.0. The van der Waals surface area contributed by atoms with Gasteiger partial charge in [0.05, 0.1) is 11.9 Å². The molecule has 0 aliphatic carbocycles.